The second kappa shape index (κ2) is 15.9. The Bertz CT molecular complexity index is 1700. The number of anilines is 1. The second-order valence-electron chi connectivity index (χ2n) is 12.1. The first kappa shape index (κ1) is 36.8. The summed E-state index contributed by atoms with van der Waals surface area (Å²) in [7, 11) is -6.17. The molecule has 0 radical (unpaired) electrons. The van der Waals surface area contributed by atoms with E-state index in [4.69, 9.17) is 9.47 Å². The van der Waals surface area contributed by atoms with Gasteiger partial charge in [-0.15, -0.1) is 11.3 Å². The van der Waals surface area contributed by atoms with Crippen LogP contribution in [0.15, 0.2) is 69.1 Å². The molecule has 11 nitrogen and oxygen atoms in total. The minimum atomic E-state index is -3.88. The number of aryl methyl sites for hydroxylation is 1. The Morgan fingerprint density at radius 3 is 2.47 bits per heavy atom. The first-order chi connectivity index (χ1) is 22.2. The fraction of sp³-hybridized carbons (Fsp3) is 0.485. The summed E-state index contributed by atoms with van der Waals surface area (Å²) in [5.41, 5.74) is 1.28. The Morgan fingerprint density at radius 1 is 1.09 bits per heavy atom. The number of rotatable bonds is 9. The average molecular weight is 708 g/mol. The molecule has 2 heterocycles. The minimum absolute atomic E-state index is 0.0532. The minimum Gasteiger partial charge on any atom is -0.490 e. The van der Waals surface area contributed by atoms with Crippen LogP contribution in [0, 0.1) is 12.8 Å². The molecule has 2 N–H and O–H groups in total. The van der Waals surface area contributed by atoms with Crippen LogP contribution in [0.25, 0.3) is 0 Å². The van der Waals surface area contributed by atoms with Gasteiger partial charge in [-0.25, -0.2) is 16.8 Å². The van der Waals surface area contributed by atoms with E-state index in [1.54, 1.807) is 54.8 Å². The molecule has 0 unspecified atom stereocenters. The summed E-state index contributed by atoms with van der Waals surface area (Å²) in [6.07, 6.45) is 1.33. The third-order valence-electron chi connectivity index (χ3n) is 8.23. The molecule has 3 aromatic rings. The summed E-state index contributed by atoms with van der Waals surface area (Å²) in [6.45, 7) is 7.64. The highest BCUT2D eigenvalue weighted by atomic mass is 32.2. The standard InChI is InChI=1S/C33H45N3O8S3/c1-23-11-14-28(15-12-23)47(41,42)35(5)21-31-24(2)20-36(25(3)22-37)33(38)29-19-27(34-46(39,40)32-10-8-18-45-32)13-16-30(29)44-26(4)9-6-7-17-43-31/h8,10-16,18-19,24-26,31,34,37H,6-7,9,17,20-22H2,1-5H3/t24-,25-,26-,31-/m0/s1. The molecule has 258 valence electrons. The lowest BCUT2D eigenvalue weighted by Crippen LogP contribution is -2.48. The van der Waals surface area contributed by atoms with Crippen molar-refractivity contribution in [2.45, 2.75) is 74.3 Å². The number of carbonyl (C=O) groups excluding carboxylic acids is 1. The fourth-order valence-corrected chi connectivity index (χ4v) is 8.54. The highest BCUT2D eigenvalue weighted by Gasteiger charge is 2.32. The van der Waals surface area contributed by atoms with Gasteiger partial charge in [0.1, 0.15) is 9.96 Å². The highest BCUT2D eigenvalue weighted by molar-refractivity contribution is 7.94. The summed E-state index contributed by atoms with van der Waals surface area (Å²) < 4.78 is 69.4. The zero-order valence-corrected chi connectivity index (χ0v) is 29.9. The Labute approximate surface area is 282 Å². The number of thiophene rings is 1. The first-order valence-electron chi connectivity index (χ1n) is 15.7. The molecule has 1 aliphatic heterocycles. The summed E-state index contributed by atoms with van der Waals surface area (Å²) in [5, 5.41) is 11.9. The van der Waals surface area contributed by atoms with Crippen LogP contribution in [-0.4, -0.2) is 88.7 Å². The van der Waals surface area contributed by atoms with Crippen LogP contribution in [0.2, 0.25) is 0 Å². The number of benzene rings is 2. The van der Waals surface area contributed by atoms with Gasteiger partial charge < -0.3 is 19.5 Å². The van der Waals surface area contributed by atoms with Crippen molar-refractivity contribution in [3.05, 3.63) is 71.1 Å². The lowest BCUT2D eigenvalue weighted by Gasteiger charge is -2.35. The third kappa shape index (κ3) is 9.33. The number of amides is 1. The maximum Gasteiger partial charge on any atom is 0.271 e. The molecule has 1 amide bonds. The van der Waals surface area contributed by atoms with E-state index in [0.29, 0.717) is 18.8 Å². The van der Waals surface area contributed by atoms with Crippen LogP contribution < -0.4 is 9.46 Å². The number of nitrogens with zero attached hydrogens (tertiary/aromatic N) is 2. The zero-order chi connectivity index (χ0) is 34.4. The van der Waals surface area contributed by atoms with Crippen molar-refractivity contribution >= 4 is 43.0 Å². The smallest absolute Gasteiger partial charge is 0.271 e. The van der Waals surface area contributed by atoms with Gasteiger partial charge in [-0.05, 0) is 81.8 Å². The number of aliphatic hydroxyl groups is 1. The average Bonchev–Trinajstić information content (AvgIpc) is 3.59. The van der Waals surface area contributed by atoms with Crippen LogP contribution >= 0.6 is 11.3 Å². The summed E-state index contributed by atoms with van der Waals surface area (Å²) in [4.78, 5) is 16.0. The topological polar surface area (TPSA) is 143 Å². The van der Waals surface area contributed by atoms with Crippen molar-refractivity contribution in [3.63, 3.8) is 0 Å². The van der Waals surface area contributed by atoms with Gasteiger partial charge in [-0.1, -0.05) is 30.7 Å². The van der Waals surface area contributed by atoms with Crippen molar-refractivity contribution in [2.24, 2.45) is 5.92 Å². The molecule has 4 rings (SSSR count). The first-order valence-corrected chi connectivity index (χ1v) is 19.5. The number of aliphatic hydroxyl groups excluding tert-OH is 1. The SMILES string of the molecule is Cc1ccc(S(=O)(=O)N(C)C[C@@H]2OCCCC[C@H](C)Oc3ccc(NS(=O)(=O)c4cccs4)cc3C(=O)N([C@@H](C)CO)C[C@@H]2C)cc1. The quantitative estimate of drug-likeness (QED) is 0.318. The van der Waals surface area contributed by atoms with Crippen molar-refractivity contribution in [2.75, 3.05) is 38.1 Å². The van der Waals surface area contributed by atoms with E-state index < -0.39 is 38.1 Å². The van der Waals surface area contributed by atoms with Crippen molar-refractivity contribution in [3.8, 4) is 5.75 Å². The van der Waals surface area contributed by atoms with Crippen LogP contribution in [0.3, 0.4) is 0 Å². The van der Waals surface area contributed by atoms with Gasteiger partial charge in [0.15, 0.2) is 0 Å². The van der Waals surface area contributed by atoms with Gasteiger partial charge in [0.25, 0.3) is 15.9 Å². The number of likely N-dealkylation sites (N-methyl/N-ethyl adjacent to an activating group) is 1. The van der Waals surface area contributed by atoms with E-state index in [9.17, 15) is 26.7 Å². The Balaban J connectivity index is 1.67. The molecule has 1 aliphatic rings. The van der Waals surface area contributed by atoms with Crippen LogP contribution in [0.4, 0.5) is 5.69 Å². The van der Waals surface area contributed by atoms with Crippen LogP contribution in [0.5, 0.6) is 5.75 Å². The highest BCUT2D eigenvalue weighted by Crippen LogP contribution is 2.30. The number of nitrogens with one attached hydrogen (secondary N) is 1. The third-order valence-corrected chi connectivity index (χ3v) is 12.8. The molecule has 0 saturated carbocycles. The number of carbonyl (C=O) groups is 1. The molecule has 47 heavy (non-hydrogen) atoms. The van der Waals surface area contributed by atoms with Gasteiger partial charge in [-0.2, -0.15) is 4.31 Å². The van der Waals surface area contributed by atoms with E-state index in [0.717, 1.165) is 29.7 Å². The Hall–Kier alpha value is -3.01. The summed E-state index contributed by atoms with van der Waals surface area (Å²) >= 11 is 1.08. The summed E-state index contributed by atoms with van der Waals surface area (Å²) in [5.74, 6) is -0.511. The number of fused-ring (bicyclic) bond motifs is 1. The van der Waals surface area contributed by atoms with Crippen molar-refractivity contribution in [1.82, 2.24) is 9.21 Å². The molecule has 1 aromatic heterocycles. The Morgan fingerprint density at radius 2 is 1.81 bits per heavy atom. The van der Waals surface area contributed by atoms with E-state index in [2.05, 4.69) is 4.72 Å². The van der Waals surface area contributed by atoms with E-state index >= 15 is 0 Å². The largest absolute Gasteiger partial charge is 0.490 e. The number of hydrogen-bond donors (Lipinski definition) is 2. The predicted octanol–water partition coefficient (Wildman–Crippen LogP) is 4.97. The van der Waals surface area contributed by atoms with Crippen molar-refractivity contribution in [1.29, 1.82) is 0 Å². The molecule has 2 aromatic carbocycles. The van der Waals surface area contributed by atoms with Gasteiger partial charge in [0.05, 0.1) is 35.3 Å². The zero-order valence-electron chi connectivity index (χ0n) is 27.5. The molecule has 0 fully saturated rings. The van der Waals surface area contributed by atoms with Gasteiger partial charge in [-0.3, -0.25) is 9.52 Å². The lowest BCUT2D eigenvalue weighted by atomic mass is 10.0. The Kier molecular flexibility index (Phi) is 12.5. The monoisotopic (exact) mass is 707 g/mol. The number of sulfonamides is 2. The molecule has 0 saturated heterocycles. The second-order valence-corrected chi connectivity index (χ2v) is 17.0. The molecule has 0 aliphatic carbocycles. The van der Waals surface area contributed by atoms with Crippen LogP contribution in [-0.2, 0) is 24.8 Å². The lowest BCUT2D eigenvalue weighted by molar-refractivity contribution is -0.00833. The van der Waals surface area contributed by atoms with Crippen molar-refractivity contribution < 1.29 is 36.2 Å². The van der Waals surface area contributed by atoms with E-state index in [1.807, 2.05) is 20.8 Å². The maximum absolute atomic E-state index is 14.3. The molecule has 14 heteroatoms. The van der Waals surface area contributed by atoms with Gasteiger partial charge >= 0.3 is 0 Å². The van der Waals surface area contributed by atoms with Gasteiger partial charge in [0, 0.05) is 38.3 Å². The number of ether oxygens (including phenoxy) is 2. The van der Waals surface area contributed by atoms with Gasteiger partial charge in [0.2, 0.25) is 10.0 Å². The molecule has 0 spiro atoms. The van der Waals surface area contributed by atoms with E-state index in [1.165, 1.54) is 28.4 Å². The normalized spacial score (nSPS) is 21.0. The summed E-state index contributed by atoms with van der Waals surface area (Å²) in [6, 6.07) is 13.8. The molecule has 4 atom stereocenters. The number of hydrogen-bond acceptors (Lipinski definition) is 9. The van der Waals surface area contributed by atoms with Crippen LogP contribution in [0.1, 0.15) is 56.0 Å². The molecular formula is C33H45N3O8S3. The predicted molar refractivity (Wildman–Crippen MR) is 183 cm³/mol. The molecule has 0 bridgehead atoms. The fourth-order valence-electron chi connectivity index (χ4n) is 5.31. The van der Waals surface area contributed by atoms with E-state index in [-0.39, 0.29) is 52.1 Å². The maximum atomic E-state index is 14.3. The molecular weight excluding hydrogens is 663 g/mol.